The molecule has 0 unspecified atom stereocenters. The molecule has 0 radical (unpaired) electrons. The first-order valence-electron chi connectivity index (χ1n) is 7.14. The van der Waals surface area contributed by atoms with Gasteiger partial charge in [0, 0.05) is 12.8 Å². The molecule has 0 heterocycles. The van der Waals surface area contributed by atoms with Crippen molar-refractivity contribution in [3.05, 3.63) is 35.4 Å². The summed E-state index contributed by atoms with van der Waals surface area (Å²) in [6, 6.07) is 7.52. The van der Waals surface area contributed by atoms with Gasteiger partial charge in [-0.05, 0) is 25.0 Å². The van der Waals surface area contributed by atoms with Crippen LogP contribution in [0.3, 0.4) is 0 Å². The van der Waals surface area contributed by atoms with Crippen LogP contribution in [0.2, 0.25) is 0 Å². The van der Waals surface area contributed by atoms with Crippen LogP contribution >= 0.6 is 0 Å². The highest BCUT2D eigenvalue weighted by molar-refractivity contribution is 5.96. The number of rotatable bonds is 5. The summed E-state index contributed by atoms with van der Waals surface area (Å²) in [5.41, 5.74) is 0.402. The summed E-state index contributed by atoms with van der Waals surface area (Å²) in [5, 5.41) is 10.9. The zero-order valence-corrected chi connectivity index (χ0v) is 12.3. The molecule has 1 aliphatic rings. The van der Waals surface area contributed by atoms with E-state index in [0.29, 0.717) is 0 Å². The van der Waals surface area contributed by atoms with Gasteiger partial charge in [0.2, 0.25) is 0 Å². The van der Waals surface area contributed by atoms with Crippen molar-refractivity contribution in [2.45, 2.75) is 32.3 Å². The highest BCUT2D eigenvalue weighted by Gasteiger charge is 2.51. The molecule has 0 aromatic heterocycles. The molecule has 0 aliphatic heterocycles. The van der Waals surface area contributed by atoms with Crippen LogP contribution in [0.25, 0.3) is 0 Å². The molecule has 1 aliphatic carbocycles. The molecule has 5 heteroatoms. The monoisotopic (exact) mass is 292 g/mol. The molecule has 5 nitrogen and oxygen atoms in total. The van der Waals surface area contributed by atoms with Gasteiger partial charge in [-0.1, -0.05) is 24.3 Å². The largest absolute Gasteiger partial charge is 0.465 e. The minimum absolute atomic E-state index is 0.151. The van der Waals surface area contributed by atoms with E-state index in [1.165, 1.54) is 0 Å². The fraction of sp³-hybridized carbons (Fsp3) is 0.500. The molecule has 0 saturated carbocycles. The first kappa shape index (κ1) is 15.5. The van der Waals surface area contributed by atoms with Crippen LogP contribution in [0.15, 0.2) is 24.3 Å². The second-order valence-corrected chi connectivity index (χ2v) is 5.16. The van der Waals surface area contributed by atoms with Gasteiger partial charge >= 0.3 is 11.9 Å². The second-order valence-electron chi connectivity index (χ2n) is 5.16. The van der Waals surface area contributed by atoms with Crippen LogP contribution in [-0.4, -0.2) is 35.9 Å². The molecule has 0 spiro atoms. The summed E-state index contributed by atoms with van der Waals surface area (Å²) in [7, 11) is 0. The number of benzene rings is 1. The molecule has 0 amide bonds. The molecule has 21 heavy (non-hydrogen) atoms. The van der Waals surface area contributed by atoms with Crippen LogP contribution in [0.4, 0.5) is 0 Å². The van der Waals surface area contributed by atoms with E-state index in [4.69, 9.17) is 9.47 Å². The van der Waals surface area contributed by atoms with E-state index in [0.717, 1.165) is 11.1 Å². The van der Waals surface area contributed by atoms with Crippen molar-refractivity contribution < 1.29 is 24.2 Å². The Morgan fingerprint density at radius 1 is 1.10 bits per heavy atom. The Bertz CT molecular complexity index is 494. The lowest BCUT2D eigenvalue weighted by molar-refractivity contribution is -0.174. The Morgan fingerprint density at radius 2 is 1.52 bits per heavy atom. The van der Waals surface area contributed by atoms with Gasteiger partial charge in [0.25, 0.3) is 0 Å². The summed E-state index contributed by atoms with van der Waals surface area (Å²) in [5.74, 6) is -2.78. The molecule has 1 N–H and O–H groups in total. The number of ether oxygens (including phenoxy) is 2. The highest BCUT2D eigenvalue weighted by atomic mass is 16.6. The molecule has 0 fully saturated rings. The van der Waals surface area contributed by atoms with E-state index >= 15 is 0 Å². The molecule has 0 atom stereocenters. The smallest absolute Gasteiger partial charge is 0.323 e. The van der Waals surface area contributed by atoms with Crippen molar-refractivity contribution in [2.24, 2.45) is 5.92 Å². The number of fused-ring (bicyclic) bond motifs is 1. The average Bonchev–Trinajstić information content (AvgIpc) is 2.75. The van der Waals surface area contributed by atoms with E-state index < -0.39 is 23.5 Å². The van der Waals surface area contributed by atoms with Crippen molar-refractivity contribution in [3.8, 4) is 0 Å². The van der Waals surface area contributed by atoms with Crippen molar-refractivity contribution in [3.63, 3.8) is 0 Å². The van der Waals surface area contributed by atoms with Gasteiger partial charge in [-0.2, -0.15) is 0 Å². The Balaban J connectivity index is 2.29. The number of hydrogen-bond donors (Lipinski definition) is 1. The van der Waals surface area contributed by atoms with E-state index in [1.807, 2.05) is 24.3 Å². The number of carbonyl (C=O) groups is 2. The van der Waals surface area contributed by atoms with Crippen LogP contribution < -0.4 is 0 Å². The summed E-state index contributed by atoms with van der Waals surface area (Å²) in [6.07, 6.45) is 0.483. The van der Waals surface area contributed by atoms with Crippen LogP contribution in [0, 0.1) is 5.92 Å². The maximum absolute atomic E-state index is 12.1. The van der Waals surface area contributed by atoms with Crippen molar-refractivity contribution in [1.82, 2.24) is 0 Å². The zero-order valence-electron chi connectivity index (χ0n) is 12.3. The Morgan fingerprint density at radius 3 is 1.90 bits per heavy atom. The van der Waals surface area contributed by atoms with E-state index in [9.17, 15) is 14.7 Å². The molecule has 2 rings (SSSR count). The lowest BCUT2D eigenvalue weighted by Crippen LogP contribution is -2.49. The molecular weight excluding hydrogens is 272 g/mol. The third kappa shape index (κ3) is 3.08. The summed E-state index contributed by atoms with van der Waals surface area (Å²) < 4.78 is 9.90. The number of esters is 2. The molecule has 1 aromatic carbocycles. The van der Waals surface area contributed by atoms with E-state index in [1.54, 1.807) is 13.8 Å². The van der Waals surface area contributed by atoms with E-state index in [-0.39, 0.29) is 26.1 Å². The van der Waals surface area contributed by atoms with Gasteiger partial charge in [-0.15, -0.1) is 0 Å². The van der Waals surface area contributed by atoms with Crippen molar-refractivity contribution in [1.29, 1.82) is 0 Å². The summed E-state index contributed by atoms with van der Waals surface area (Å²) >= 11 is 0. The highest BCUT2D eigenvalue weighted by Crippen LogP contribution is 2.36. The Hall–Kier alpha value is -1.88. The van der Waals surface area contributed by atoms with Crippen molar-refractivity contribution in [2.75, 3.05) is 13.2 Å². The average molecular weight is 292 g/mol. The van der Waals surface area contributed by atoms with Crippen LogP contribution in [-0.2, 0) is 31.9 Å². The third-order valence-corrected chi connectivity index (χ3v) is 3.69. The lowest BCUT2D eigenvalue weighted by atomic mass is 9.84. The maximum Gasteiger partial charge on any atom is 0.323 e. The van der Waals surface area contributed by atoms with Crippen LogP contribution in [0.1, 0.15) is 25.0 Å². The maximum atomic E-state index is 12.1. The van der Waals surface area contributed by atoms with Crippen LogP contribution in [0.5, 0.6) is 0 Å². The van der Waals surface area contributed by atoms with Gasteiger partial charge < -0.3 is 14.6 Å². The Kier molecular flexibility index (Phi) is 4.63. The minimum Gasteiger partial charge on any atom is -0.465 e. The molecule has 0 saturated heterocycles. The topological polar surface area (TPSA) is 72.8 Å². The molecular formula is C16H20O5. The minimum atomic E-state index is -1.48. The first-order valence-corrected chi connectivity index (χ1v) is 7.14. The quantitative estimate of drug-likeness (QED) is 0.653. The van der Waals surface area contributed by atoms with Gasteiger partial charge in [-0.25, -0.2) is 0 Å². The van der Waals surface area contributed by atoms with Gasteiger partial charge in [0.1, 0.15) is 0 Å². The zero-order chi connectivity index (χ0) is 15.5. The van der Waals surface area contributed by atoms with Crippen molar-refractivity contribution >= 4 is 11.9 Å². The standard InChI is InChI=1S/C16H20O5/c1-3-20-14(17)13(15(18)21-4-2)16(19)9-11-7-5-6-8-12(11)10-16/h5-8,13,19H,3-4,9-10H2,1-2H3. The lowest BCUT2D eigenvalue weighted by Gasteiger charge is -2.29. The van der Waals surface area contributed by atoms with Gasteiger partial charge in [0.15, 0.2) is 5.92 Å². The number of aliphatic hydroxyl groups is 1. The number of hydrogen-bond acceptors (Lipinski definition) is 5. The molecule has 114 valence electrons. The molecule has 0 bridgehead atoms. The predicted octanol–water partition coefficient (Wildman–Crippen LogP) is 1.26. The predicted molar refractivity (Wildman–Crippen MR) is 75.6 cm³/mol. The SMILES string of the molecule is CCOC(=O)C(C(=O)OCC)C1(O)Cc2ccccc2C1. The fourth-order valence-electron chi connectivity index (χ4n) is 2.81. The summed E-state index contributed by atoms with van der Waals surface area (Å²) in [6.45, 7) is 3.62. The second kappa shape index (κ2) is 6.26. The van der Waals surface area contributed by atoms with Gasteiger partial charge in [-0.3, -0.25) is 9.59 Å². The Labute approximate surface area is 123 Å². The van der Waals surface area contributed by atoms with E-state index in [2.05, 4.69) is 0 Å². The molecule has 1 aromatic rings. The van der Waals surface area contributed by atoms with Gasteiger partial charge in [0.05, 0.1) is 18.8 Å². The fourth-order valence-corrected chi connectivity index (χ4v) is 2.81. The third-order valence-electron chi connectivity index (χ3n) is 3.69. The normalized spacial score (nSPS) is 15.6. The first-order chi connectivity index (χ1) is 10.0. The number of carbonyl (C=O) groups excluding carboxylic acids is 2. The summed E-state index contributed by atoms with van der Waals surface area (Å²) in [4.78, 5) is 24.2.